The van der Waals surface area contributed by atoms with Gasteiger partial charge in [0, 0.05) is 25.2 Å². The third kappa shape index (κ3) is 9.08. The van der Waals surface area contributed by atoms with Gasteiger partial charge < -0.3 is 21.3 Å². The van der Waals surface area contributed by atoms with Crippen LogP contribution in [0.3, 0.4) is 0 Å². The Bertz CT molecular complexity index is 514. The van der Waals surface area contributed by atoms with E-state index in [1.54, 1.807) is 26.0 Å². The number of nitrogens with zero attached hydrogens (tertiary/aromatic N) is 1. The van der Waals surface area contributed by atoms with Gasteiger partial charge in [0.25, 0.3) is 5.91 Å². The Kier molecular flexibility index (Phi) is 11.7. The first-order chi connectivity index (χ1) is 10.2. The van der Waals surface area contributed by atoms with Crippen LogP contribution in [-0.4, -0.2) is 49.4 Å². The van der Waals surface area contributed by atoms with Crippen molar-refractivity contribution in [3.8, 4) is 0 Å². The number of amides is 2. The van der Waals surface area contributed by atoms with E-state index in [1.165, 1.54) is 0 Å². The number of halogens is 2. The fraction of sp³-hybridized carbons (Fsp3) is 0.500. The monoisotopic (exact) mass is 378 g/mol. The maximum atomic E-state index is 11.9. The van der Waals surface area contributed by atoms with Gasteiger partial charge in [0.15, 0.2) is 0 Å². The van der Waals surface area contributed by atoms with Crippen molar-refractivity contribution in [2.24, 2.45) is 5.73 Å². The van der Waals surface area contributed by atoms with Gasteiger partial charge in [-0.05, 0) is 45.6 Å². The zero-order valence-electron chi connectivity index (χ0n) is 14.6. The molecule has 0 aliphatic heterocycles. The van der Waals surface area contributed by atoms with Crippen LogP contribution in [0.25, 0.3) is 0 Å². The zero-order chi connectivity index (χ0) is 16.8. The molecule has 0 heterocycles. The second-order valence-corrected chi connectivity index (χ2v) is 6.16. The van der Waals surface area contributed by atoms with Gasteiger partial charge in [-0.25, -0.2) is 0 Å². The summed E-state index contributed by atoms with van der Waals surface area (Å²) in [5, 5.41) is 5.62. The highest BCUT2D eigenvalue weighted by molar-refractivity contribution is 5.94. The highest BCUT2D eigenvalue weighted by Gasteiger charge is 2.21. The van der Waals surface area contributed by atoms with E-state index in [2.05, 4.69) is 10.6 Å². The van der Waals surface area contributed by atoms with Crippen molar-refractivity contribution < 1.29 is 9.59 Å². The van der Waals surface area contributed by atoms with Crippen molar-refractivity contribution >= 4 is 36.6 Å². The van der Waals surface area contributed by atoms with Gasteiger partial charge in [-0.15, -0.1) is 24.8 Å². The molecule has 0 aliphatic rings. The quantitative estimate of drug-likeness (QED) is 0.664. The molecule has 6 nitrogen and oxygen atoms in total. The summed E-state index contributed by atoms with van der Waals surface area (Å²) in [6.07, 6.45) is 0. The normalized spacial score (nSPS) is 10.4. The average molecular weight is 379 g/mol. The third-order valence-corrected chi connectivity index (χ3v) is 3.10. The largest absolute Gasteiger partial charge is 0.351 e. The van der Waals surface area contributed by atoms with Gasteiger partial charge in [0.05, 0.1) is 5.54 Å². The Balaban J connectivity index is 0. The van der Waals surface area contributed by atoms with Crippen LogP contribution in [0.15, 0.2) is 24.3 Å². The molecule has 0 fully saturated rings. The van der Waals surface area contributed by atoms with Crippen molar-refractivity contribution in [3.63, 3.8) is 0 Å². The standard InChI is InChI=1S/C16H26N4O2.2ClH/c1-16(2,17)15(22)19-11-12-5-7-13(8-6-12)14(21)18-9-10-20(3)4;;/h5-8H,9-11,17H2,1-4H3,(H,18,21)(H,19,22);2*1H. The Morgan fingerprint density at radius 1 is 1.08 bits per heavy atom. The SMILES string of the molecule is CN(C)CCNC(=O)c1ccc(CNC(=O)C(C)(C)N)cc1.Cl.Cl. The molecule has 2 amide bonds. The third-order valence-electron chi connectivity index (χ3n) is 3.10. The molecule has 0 spiro atoms. The Morgan fingerprint density at radius 3 is 2.08 bits per heavy atom. The van der Waals surface area contributed by atoms with Crippen molar-refractivity contribution in [2.75, 3.05) is 27.2 Å². The van der Waals surface area contributed by atoms with Gasteiger partial charge in [0.1, 0.15) is 0 Å². The molecular weight excluding hydrogens is 351 g/mol. The van der Waals surface area contributed by atoms with Gasteiger partial charge >= 0.3 is 0 Å². The Labute approximate surface area is 156 Å². The maximum Gasteiger partial charge on any atom is 0.251 e. The smallest absolute Gasteiger partial charge is 0.251 e. The van der Waals surface area contributed by atoms with E-state index in [9.17, 15) is 9.59 Å². The van der Waals surface area contributed by atoms with Crippen LogP contribution in [0.1, 0.15) is 29.8 Å². The maximum absolute atomic E-state index is 11.9. The molecule has 0 bridgehead atoms. The van der Waals surface area contributed by atoms with Crippen LogP contribution in [0.2, 0.25) is 0 Å². The van der Waals surface area contributed by atoms with E-state index in [0.29, 0.717) is 18.7 Å². The number of likely N-dealkylation sites (N-methyl/N-ethyl adjacent to an activating group) is 1. The minimum atomic E-state index is -0.897. The molecule has 0 aromatic heterocycles. The van der Waals surface area contributed by atoms with E-state index in [1.807, 2.05) is 31.1 Å². The molecular formula is C16H28Cl2N4O2. The number of nitrogens with two attached hydrogens (primary N) is 1. The van der Waals surface area contributed by atoms with Gasteiger partial charge in [-0.2, -0.15) is 0 Å². The number of carbonyl (C=O) groups excluding carboxylic acids is 2. The molecule has 0 unspecified atom stereocenters. The molecule has 1 aromatic carbocycles. The van der Waals surface area contributed by atoms with E-state index in [0.717, 1.165) is 12.1 Å². The average Bonchev–Trinajstić information content (AvgIpc) is 2.43. The first-order valence-corrected chi connectivity index (χ1v) is 7.29. The fourth-order valence-electron chi connectivity index (χ4n) is 1.68. The minimum Gasteiger partial charge on any atom is -0.351 e. The summed E-state index contributed by atoms with van der Waals surface area (Å²) in [5.41, 5.74) is 6.33. The van der Waals surface area contributed by atoms with E-state index in [4.69, 9.17) is 5.73 Å². The molecule has 0 aliphatic carbocycles. The molecule has 1 aromatic rings. The van der Waals surface area contributed by atoms with E-state index < -0.39 is 5.54 Å². The number of nitrogens with one attached hydrogen (secondary N) is 2. The molecule has 24 heavy (non-hydrogen) atoms. The highest BCUT2D eigenvalue weighted by atomic mass is 35.5. The van der Waals surface area contributed by atoms with Crippen LogP contribution in [0, 0.1) is 0 Å². The lowest BCUT2D eigenvalue weighted by Gasteiger charge is -2.17. The molecule has 0 radical (unpaired) electrons. The van der Waals surface area contributed by atoms with Gasteiger partial charge in [-0.3, -0.25) is 9.59 Å². The summed E-state index contributed by atoms with van der Waals surface area (Å²) in [6.45, 7) is 5.11. The van der Waals surface area contributed by atoms with Crippen LogP contribution in [-0.2, 0) is 11.3 Å². The van der Waals surface area contributed by atoms with Crippen molar-refractivity contribution in [1.29, 1.82) is 0 Å². The van der Waals surface area contributed by atoms with Crippen LogP contribution in [0.5, 0.6) is 0 Å². The number of hydrogen-bond donors (Lipinski definition) is 3. The van der Waals surface area contributed by atoms with Crippen LogP contribution < -0.4 is 16.4 Å². The van der Waals surface area contributed by atoms with Gasteiger partial charge in [-0.1, -0.05) is 12.1 Å². The van der Waals surface area contributed by atoms with Crippen molar-refractivity contribution in [3.05, 3.63) is 35.4 Å². The zero-order valence-corrected chi connectivity index (χ0v) is 16.2. The predicted molar refractivity (Wildman–Crippen MR) is 102 cm³/mol. The lowest BCUT2D eigenvalue weighted by atomic mass is 10.1. The summed E-state index contributed by atoms with van der Waals surface area (Å²) in [4.78, 5) is 25.6. The summed E-state index contributed by atoms with van der Waals surface area (Å²) in [5.74, 6) is -0.307. The lowest BCUT2D eigenvalue weighted by Crippen LogP contribution is -2.48. The Hall–Kier alpha value is -1.34. The molecule has 138 valence electrons. The van der Waals surface area contributed by atoms with Crippen LogP contribution >= 0.6 is 24.8 Å². The van der Waals surface area contributed by atoms with Crippen molar-refractivity contribution in [2.45, 2.75) is 25.9 Å². The molecule has 8 heteroatoms. The first kappa shape index (κ1) is 24.9. The lowest BCUT2D eigenvalue weighted by molar-refractivity contribution is -0.125. The number of benzene rings is 1. The second-order valence-electron chi connectivity index (χ2n) is 6.16. The first-order valence-electron chi connectivity index (χ1n) is 7.29. The highest BCUT2D eigenvalue weighted by Crippen LogP contribution is 2.05. The number of rotatable bonds is 7. The number of hydrogen-bond acceptors (Lipinski definition) is 4. The summed E-state index contributed by atoms with van der Waals surface area (Å²) < 4.78 is 0. The predicted octanol–water partition coefficient (Wildman–Crippen LogP) is 1.18. The molecule has 1 rings (SSSR count). The molecule has 4 N–H and O–H groups in total. The minimum absolute atomic E-state index is 0. The molecule has 0 saturated heterocycles. The van der Waals surface area contributed by atoms with E-state index in [-0.39, 0.29) is 36.6 Å². The second kappa shape index (κ2) is 11.3. The molecule has 0 atom stereocenters. The summed E-state index contributed by atoms with van der Waals surface area (Å²) in [7, 11) is 3.91. The summed E-state index contributed by atoms with van der Waals surface area (Å²) >= 11 is 0. The Morgan fingerprint density at radius 2 is 1.62 bits per heavy atom. The summed E-state index contributed by atoms with van der Waals surface area (Å²) in [6, 6.07) is 7.15. The van der Waals surface area contributed by atoms with E-state index >= 15 is 0 Å². The molecule has 0 saturated carbocycles. The number of carbonyl (C=O) groups is 2. The van der Waals surface area contributed by atoms with Crippen molar-refractivity contribution in [1.82, 2.24) is 15.5 Å². The van der Waals surface area contributed by atoms with Gasteiger partial charge in [0.2, 0.25) is 5.91 Å². The fourth-order valence-corrected chi connectivity index (χ4v) is 1.68. The van der Waals surface area contributed by atoms with Crippen LogP contribution in [0.4, 0.5) is 0 Å². The topological polar surface area (TPSA) is 87.5 Å².